The van der Waals surface area contributed by atoms with Crippen molar-refractivity contribution in [1.82, 2.24) is 0 Å². The van der Waals surface area contributed by atoms with Gasteiger partial charge < -0.3 is 20.4 Å². The average molecular weight is 470 g/mol. The Balaban J connectivity index is 0.000000292. The summed E-state index contributed by atoms with van der Waals surface area (Å²) in [5, 5.41) is 33.1. The highest BCUT2D eigenvalue weighted by atomic mass is 35.5. The Morgan fingerprint density at radius 2 is 0.893 bits per heavy atom. The van der Waals surface area contributed by atoms with Crippen molar-refractivity contribution in [3.8, 4) is 0 Å². The van der Waals surface area contributed by atoms with Crippen molar-refractivity contribution in [3.05, 3.63) is 66.6 Å². The molecule has 0 bridgehead atoms. The first-order chi connectivity index (χ1) is 12.9. The highest BCUT2D eigenvalue weighted by Gasteiger charge is 2.28. The fourth-order valence-electron chi connectivity index (χ4n) is 1.82. The van der Waals surface area contributed by atoms with Gasteiger partial charge in [0.15, 0.2) is 0 Å². The number of hydrogen-bond donors (Lipinski definition) is 4. The summed E-state index contributed by atoms with van der Waals surface area (Å²) in [6.45, 7) is 0. The van der Waals surface area contributed by atoms with Gasteiger partial charge in [0, 0.05) is 0 Å². The Kier molecular flexibility index (Phi) is 8.07. The minimum Gasteiger partial charge on any atom is -0.478 e. The first kappa shape index (κ1) is 23.5. The van der Waals surface area contributed by atoms with E-state index >= 15 is 0 Å². The summed E-state index contributed by atoms with van der Waals surface area (Å²) in [5.41, 5.74) is -1.41. The minimum atomic E-state index is -1.55. The van der Waals surface area contributed by atoms with E-state index in [0.29, 0.717) is 0 Å². The Hall–Kier alpha value is -2.52. The highest BCUT2D eigenvalue weighted by molar-refractivity contribution is 6.53. The molecule has 0 atom stereocenters. The van der Waals surface area contributed by atoms with Crippen LogP contribution in [0.4, 0.5) is 0 Å². The maximum atomic E-state index is 10.9. The molecule has 12 heteroatoms. The fourth-order valence-corrected chi connectivity index (χ4v) is 2.83. The molecule has 0 spiro atoms. The third-order valence-electron chi connectivity index (χ3n) is 3.05. The van der Waals surface area contributed by atoms with Gasteiger partial charge in [0.25, 0.3) is 0 Å². The summed E-state index contributed by atoms with van der Waals surface area (Å²) in [7, 11) is 0. The summed E-state index contributed by atoms with van der Waals surface area (Å²) in [5.74, 6) is -5.36. The molecular weight excluding hydrogens is 462 g/mol. The molecule has 0 amide bonds. The van der Waals surface area contributed by atoms with Gasteiger partial charge in [0.2, 0.25) is 0 Å². The third-order valence-corrected chi connectivity index (χ3v) is 4.85. The molecule has 0 saturated heterocycles. The van der Waals surface area contributed by atoms with Gasteiger partial charge in [-0.1, -0.05) is 52.5 Å². The molecule has 4 N–H and O–H groups in total. The summed E-state index contributed by atoms with van der Waals surface area (Å²) in [6, 6.07) is 5.20. The Morgan fingerprint density at radius 3 is 1.14 bits per heavy atom. The Labute approximate surface area is 176 Å². The number of carboxylic acid groups (broad SMARTS) is 4. The normalized spacial score (nSPS) is 9.86. The molecule has 2 rings (SSSR count). The molecule has 0 aromatic heterocycles. The predicted molar refractivity (Wildman–Crippen MR) is 101 cm³/mol. The number of aromatic carboxylic acids is 4. The molecule has 0 aliphatic rings. The van der Waals surface area contributed by atoms with Crippen LogP contribution in [0.3, 0.4) is 0 Å². The van der Waals surface area contributed by atoms with Crippen molar-refractivity contribution < 1.29 is 39.6 Å². The van der Waals surface area contributed by atoms with E-state index < -0.39 is 45.0 Å². The summed E-state index contributed by atoms with van der Waals surface area (Å²) < 4.78 is 0. The van der Waals surface area contributed by atoms with Crippen LogP contribution in [0.5, 0.6) is 0 Å². The molecule has 0 fully saturated rings. The zero-order chi connectivity index (χ0) is 21.8. The molecule has 148 valence electrons. The molecule has 28 heavy (non-hydrogen) atoms. The second-order valence-corrected chi connectivity index (χ2v) is 6.32. The molecule has 0 aliphatic heterocycles. The number of benzene rings is 2. The fraction of sp³-hybridized carbons (Fsp3) is 0. The lowest BCUT2D eigenvalue weighted by molar-refractivity contribution is 0.0652. The average Bonchev–Trinajstić information content (AvgIpc) is 2.62. The van der Waals surface area contributed by atoms with Crippen LogP contribution in [0.1, 0.15) is 41.4 Å². The SMILES string of the molecule is O=C(O)c1c(Cl)c(Cl)c(Cl)c(Cl)c1C(=O)O.O=C(O)c1cccc(C(=O)O)c1. The molecule has 0 saturated carbocycles. The topological polar surface area (TPSA) is 149 Å². The predicted octanol–water partition coefficient (Wildman–Crippen LogP) is 4.78. The number of carbonyl (C=O) groups is 4. The van der Waals surface area contributed by atoms with E-state index in [1.807, 2.05) is 0 Å². The lowest BCUT2D eigenvalue weighted by Crippen LogP contribution is -2.10. The first-order valence-corrected chi connectivity index (χ1v) is 8.30. The number of carboxylic acids is 4. The number of rotatable bonds is 4. The van der Waals surface area contributed by atoms with Gasteiger partial charge in [-0.05, 0) is 18.2 Å². The number of halogens is 4. The van der Waals surface area contributed by atoms with Crippen LogP contribution in [0.25, 0.3) is 0 Å². The van der Waals surface area contributed by atoms with E-state index in [1.165, 1.54) is 18.2 Å². The minimum absolute atomic E-state index is 0.0186. The van der Waals surface area contributed by atoms with E-state index in [2.05, 4.69) is 0 Å². The second-order valence-electron chi connectivity index (χ2n) is 4.81. The van der Waals surface area contributed by atoms with Crippen molar-refractivity contribution in [3.63, 3.8) is 0 Å². The lowest BCUT2D eigenvalue weighted by Gasteiger charge is -2.10. The van der Waals surface area contributed by atoms with Gasteiger partial charge in [0.1, 0.15) is 0 Å². The first-order valence-electron chi connectivity index (χ1n) is 6.79. The molecule has 0 radical (unpaired) electrons. The lowest BCUT2D eigenvalue weighted by atomic mass is 10.1. The van der Waals surface area contributed by atoms with E-state index in [4.69, 9.17) is 66.8 Å². The van der Waals surface area contributed by atoms with E-state index in [-0.39, 0.29) is 21.2 Å². The van der Waals surface area contributed by atoms with Crippen molar-refractivity contribution in [2.75, 3.05) is 0 Å². The van der Waals surface area contributed by atoms with Gasteiger partial charge in [-0.15, -0.1) is 0 Å². The van der Waals surface area contributed by atoms with Crippen LogP contribution in [0.15, 0.2) is 24.3 Å². The molecule has 2 aromatic carbocycles. The summed E-state index contributed by atoms with van der Waals surface area (Å²) in [6.07, 6.45) is 0. The molecule has 8 nitrogen and oxygen atoms in total. The van der Waals surface area contributed by atoms with Crippen molar-refractivity contribution in [2.24, 2.45) is 0 Å². The molecule has 0 unspecified atom stereocenters. The number of hydrogen-bond acceptors (Lipinski definition) is 4. The third kappa shape index (κ3) is 5.26. The molecule has 2 aromatic rings. The van der Waals surface area contributed by atoms with Crippen LogP contribution in [0, 0.1) is 0 Å². The highest BCUT2D eigenvalue weighted by Crippen LogP contribution is 2.41. The van der Waals surface area contributed by atoms with Crippen LogP contribution in [0.2, 0.25) is 20.1 Å². The van der Waals surface area contributed by atoms with Gasteiger partial charge in [-0.3, -0.25) is 0 Å². The Bertz CT molecular complexity index is 913. The maximum Gasteiger partial charge on any atom is 0.338 e. The smallest absolute Gasteiger partial charge is 0.338 e. The van der Waals surface area contributed by atoms with Crippen LogP contribution in [-0.4, -0.2) is 44.3 Å². The Morgan fingerprint density at radius 1 is 0.571 bits per heavy atom. The quantitative estimate of drug-likeness (QED) is 0.369. The standard InChI is InChI=1S/C8H2Cl4O4.C8H6O4/c9-3-1(7(13)14)2(8(15)16)4(10)6(12)5(3)11;9-7(10)5-2-1-3-6(4-5)8(11)12/h(H,13,14)(H,15,16);1-4H,(H,9,10)(H,11,12). The van der Waals surface area contributed by atoms with E-state index in [9.17, 15) is 19.2 Å². The van der Waals surface area contributed by atoms with E-state index in [1.54, 1.807) is 0 Å². The zero-order valence-corrected chi connectivity index (χ0v) is 16.3. The van der Waals surface area contributed by atoms with Gasteiger partial charge >= 0.3 is 23.9 Å². The largest absolute Gasteiger partial charge is 0.478 e. The summed E-state index contributed by atoms with van der Waals surface area (Å²) in [4.78, 5) is 42.5. The summed E-state index contributed by atoms with van der Waals surface area (Å²) >= 11 is 22.4. The van der Waals surface area contributed by atoms with Gasteiger partial charge in [-0.25, -0.2) is 19.2 Å². The van der Waals surface area contributed by atoms with Crippen LogP contribution in [-0.2, 0) is 0 Å². The maximum absolute atomic E-state index is 10.9. The van der Waals surface area contributed by atoms with Crippen LogP contribution >= 0.6 is 46.4 Å². The van der Waals surface area contributed by atoms with Crippen molar-refractivity contribution >= 4 is 70.3 Å². The van der Waals surface area contributed by atoms with Gasteiger partial charge in [0.05, 0.1) is 42.3 Å². The van der Waals surface area contributed by atoms with Crippen molar-refractivity contribution in [1.29, 1.82) is 0 Å². The molecule has 0 aliphatic carbocycles. The zero-order valence-electron chi connectivity index (χ0n) is 13.2. The second kappa shape index (κ2) is 9.61. The van der Waals surface area contributed by atoms with Crippen LogP contribution < -0.4 is 0 Å². The van der Waals surface area contributed by atoms with E-state index in [0.717, 1.165) is 6.07 Å². The molecular formula is C16H8Cl4O8. The molecule has 0 heterocycles. The van der Waals surface area contributed by atoms with Gasteiger partial charge in [-0.2, -0.15) is 0 Å². The monoisotopic (exact) mass is 468 g/mol. The van der Waals surface area contributed by atoms with Crippen molar-refractivity contribution in [2.45, 2.75) is 0 Å².